The monoisotopic (exact) mass is 234 g/mol. The maximum Gasteiger partial charge on any atom is 0.197 e. The summed E-state index contributed by atoms with van der Waals surface area (Å²) in [6.45, 7) is 4.15. The summed E-state index contributed by atoms with van der Waals surface area (Å²) in [5, 5.41) is 3.94. The van der Waals surface area contributed by atoms with Crippen molar-refractivity contribution in [1.82, 2.24) is 5.16 Å². The van der Waals surface area contributed by atoms with E-state index in [1.807, 2.05) is 13.0 Å². The fraction of sp³-hybridized carbons (Fsp3) is 0.417. The maximum absolute atomic E-state index is 11.0. The van der Waals surface area contributed by atoms with Gasteiger partial charge in [0.2, 0.25) is 0 Å². The summed E-state index contributed by atoms with van der Waals surface area (Å²) < 4.78 is 10.5. The number of allylic oxidation sites excluding steroid dienone is 1. The lowest BCUT2D eigenvalue weighted by atomic mass is 9.96. The van der Waals surface area contributed by atoms with Crippen LogP contribution < -0.4 is 0 Å². The third kappa shape index (κ3) is 2.13. The van der Waals surface area contributed by atoms with E-state index in [0.29, 0.717) is 35.9 Å². The van der Waals surface area contributed by atoms with E-state index < -0.39 is 0 Å². The summed E-state index contributed by atoms with van der Waals surface area (Å²) in [7, 11) is 0. The SMILES string of the molecule is CCOC1=NC=CCC1c1noc(C)c1C=O. The number of aromatic nitrogens is 1. The van der Waals surface area contributed by atoms with Gasteiger partial charge in [-0.25, -0.2) is 4.99 Å². The number of ether oxygens (including phenoxy) is 1. The maximum atomic E-state index is 11.0. The number of aliphatic imine (C=N–C) groups is 1. The van der Waals surface area contributed by atoms with E-state index in [-0.39, 0.29) is 5.92 Å². The lowest BCUT2D eigenvalue weighted by molar-refractivity contribution is 0.112. The summed E-state index contributed by atoms with van der Waals surface area (Å²) in [5.41, 5.74) is 1.10. The molecule has 1 aliphatic heterocycles. The van der Waals surface area contributed by atoms with Gasteiger partial charge in [-0.3, -0.25) is 4.79 Å². The van der Waals surface area contributed by atoms with E-state index in [4.69, 9.17) is 9.26 Å². The summed E-state index contributed by atoms with van der Waals surface area (Å²) >= 11 is 0. The molecular weight excluding hydrogens is 220 g/mol. The third-order valence-corrected chi connectivity index (χ3v) is 2.65. The van der Waals surface area contributed by atoms with Gasteiger partial charge in [-0.05, 0) is 20.3 Å². The van der Waals surface area contributed by atoms with Crippen LogP contribution >= 0.6 is 0 Å². The van der Waals surface area contributed by atoms with Crippen molar-refractivity contribution >= 4 is 12.2 Å². The minimum atomic E-state index is -0.127. The van der Waals surface area contributed by atoms with Crippen LogP contribution in [0.3, 0.4) is 0 Å². The molecule has 0 N–H and O–H groups in total. The zero-order valence-corrected chi connectivity index (χ0v) is 9.84. The normalized spacial score (nSPS) is 18.9. The molecule has 0 amide bonds. The number of nitrogens with zero attached hydrogens (tertiary/aromatic N) is 2. The predicted octanol–water partition coefficient (Wildman–Crippen LogP) is 2.23. The van der Waals surface area contributed by atoms with Crippen LogP contribution in [-0.4, -0.2) is 23.9 Å². The van der Waals surface area contributed by atoms with Gasteiger partial charge in [0.1, 0.15) is 11.5 Å². The van der Waals surface area contributed by atoms with E-state index in [1.165, 1.54) is 0 Å². The Bertz CT molecular complexity index is 474. The Morgan fingerprint density at radius 1 is 1.65 bits per heavy atom. The molecule has 0 saturated carbocycles. The number of carbonyl (C=O) groups excluding carboxylic acids is 1. The zero-order valence-electron chi connectivity index (χ0n) is 9.84. The number of carbonyl (C=O) groups is 1. The van der Waals surface area contributed by atoms with Crippen molar-refractivity contribution in [2.24, 2.45) is 4.99 Å². The first kappa shape index (κ1) is 11.6. The number of aryl methyl sites for hydroxylation is 1. The minimum absolute atomic E-state index is 0.127. The first-order valence-corrected chi connectivity index (χ1v) is 5.54. The minimum Gasteiger partial charge on any atom is -0.481 e. The first-order chi connectivity index (χ1) is 8.27. The van der Waals surface area contributed by atoms with E-state index in [0.717, 1.165) is 6.29 Å². The topological polar surface area (TPSA) is 64.7 Å². The molecule has 1 aromatic heterocycles. The Labute approximate surface area is 99.2 Å². The van der Waals surface area contributed by atoms with Gasteiger partial charge in [-0.15, -0.1) is 0 Å². The molecular formula is C12H14N2O3. The molecule has 0 saturated heterocycles. The fourth-order valence-corrected chi connectivity index (χ4v) is 1.82. The van der Waals surface area contributed by atoms with Crippen LogP contribution in [0.2, 0.25) is 0 Å². The smallest absolute Gasteiger partial charge is 0.197 e. The van der Waals surface area contributed by atoms with E-state index in [9.17, 15) is 4.79 Å². The fourth-order valence-electron chi connectivity index (χ4n) is 1.82. The van der Waals surface area contributed by atoms with Gasteiger partial charge in [0.15, 0.2) is 12.2 Å². The standard InChI is InChI=1S/C12H14N2O3/c1-3-16-12-9(5-4-6-13-12)11-10(7-15)8(2)17-14-11/h4,6-7,9H,3,5H2,1-2H3. The van der Waals surface area contributed by atoms with Crippen LogP contribution in [0.25, 0.3) is 0 Å². The highest BCUT2D eigenvalue weighted by atomic mass is 16.5. The van der Waals surface area contributed by atoms with Crippen LogP contribution in [0.15, 0.2) is 21.8 Å². The Morgan fingerprint density at radius 3 is 3.18 bits per heavy atom. The molecule has 1 atom stereocenters. The van der Waals surface area contributed by atoms with Crippen molar-refractivity contribution in [1.29, 1.82) is 0 Å². The van der Waals surface area contributed by atoms with Crippen LogP contribution in [0.4, 0.5) is 0 Å². The molecule has 0 spiro atoms. The number of rotatable bonds is 3. The third-order valence-electron chi connectivity index (χ3n) is 2.65. The highest BCUT2D eigenvalue weighted by Gasteiger charge is 2.27. The highest BCUT2D eigenvalue weighted by Crippen LogP contribution is 2.28. The molecule has 0 radical (unpaired) electrons. The van der Waals surface area contributed by atoms with Gasteiger partial charge in [0.25, 0.3) is 0 Å². The Balaban J connectivity index is 2.35. The summed E-state index contributed by atoms with van der Waals surface area (Å²) in [5.74, 6) is 0.990. The molecule has 2 rings (SSSR count). The van der Waals surface area contributed by atoms with E-state index in [1.54, 1.807) is 13.1 Å². The Morgan fingerprint density at radius 2 is 2.47 bits per heavy atom. The largest absolute Gasteiger partial charge is 0.481 e. The molecule has 90 valence electrons. The van der Waals surface area contributed by atoms with Gasteiger partial charge in [0.05, 0.1) is 18.1 Å². The molecule has 1 aliphatic rings. The Kier molecular flexibility index (Phi) is 3.37. The summed E-state index contributed by atoms with van der Waals surface area (Å²) in [4.78, 5) is 15.2. The zero-order chi connectivity index (χ0) is 12.3. The van der Waals surface area contributed by atoms with Gasteiger partial charge < -0.3 is 9.26 Å². The lowest BCUT2D eigenvalue weighted by Crippen LogP contribution is -2.19. The lowest BCUT2D eigenvalue weighted by Gasteiger charge is -2.18. The van der Waals surface area contributed by atoms with Crippen LogP contribution in [0.5, 0.6) is 0 Å². The van der Waals surface area contributed by atoms with E-state index >= 15 is 0 Å². The summed E-state index contributed by atoms with van der Waals surface area (Å²) in [6, 6.07) is 0. The quantitative estimate of drug-likeness (QED) is 0.752. The average Bonchev–Trinajstić information content (AvgIpc) is 2.71. The van der Waals surface area contributed by atoms with Gasteiger partial charge in [0, 0.05) is 6.20 Å². The van der Waals surface area contributed by atoms with Crippen LogP contribution in [-0.2, 0) is 4.74 Å². The van der Waals surface area contributed by atoms with E-state index in [2.05, 4.69) is 10.1 Å². The first-order valence-electron chi connectivity index (χ1n) is 5.54. The van der Waals surface area contributed by atoms with Gasteiger partial charge in [-0.1, -0.05) is 11.2 Å². The second kappa shape index (κ2) is 4.95. The van der Waals surface area contributed by atoms with Crippen molar-refractivity contribution < 1.29 is 14.1 Å². The molecule has 0 bridgehead atoms. The van der Waals surface area contributed by atoms with Gasteiger partial charge >= 0.3 is 0 Å². The average molecular weight is 234 g/mol. The molecule has 17 heavy (non-hydrogen) atoms. The second-order valence-electron chi connectivity index (χ2n) is 3.73. The highest BCUT2D eigenvalue weighted by molar-refractivity contribution is 5.88. The van der Waals surface area contributed by atoms with Crippen molar-refractivity contribution in [2.75, 3.05) is 6.61 Å². The molecule has 5 heteroatoms. The van der Waals surface area contributed by atoms with Crippen molar-refractivity contribution in [3.63, 3.8) is 0 Å². The molecule has 5 nitrogen and oxygen atoms in total. The molecule has 0 fully saturated rings. The van der Waals surface area contributed by atoms with Crippen molar-refractivity contribution in [3.8, 4) is 0 Å². The number of hydrogen-bond donors (Lipinski definition) is 0. The van der Waals surface area contributed by atoms with Crippen LogP contribution in [0.1, 0.15) is 41.1 Å². The van der Waals surface area contributed by atoms with Crippen molar-refractivity contribution in [2.45, 2.75) is 26.2 Å². The number of hydrogen-bond acceptors (Lipinski definition) is 5. The summed E-state index contributed by atoms with van der Waals surface area (Å²) in [6.07, 6.45) is 5.11. The van der Waals surface area contributed by atoms with Gasteiger partial charge in [-0.2, -0.15) is 0 Å². The predicted molar refractivity (Wildman–Crippen MR) is 62.2 cm³/mol. The molecule has 1 aromatic rings. The number of aldehydes is 1. The van der Waals surface area contributed by atoms with Crippen molar-refractivity contribution in [3.05, 3.63) is 29.3 Å². The van der Waals surface area contributed by atoms with Crippen LogP contribution in [0, 0.1) is 6.92 Å². The molecule has 2 heterocycles. The molecule has 1 unspecified atom stereocenters. The second-order valence-corrected chi connectivity index (χ2v) is 3.73. The Hall–Kier alpha value is -1.91. The molecule has 0 aliphatic carbocycles. The molecule has 0 aromatic carbocycles.